The van der Waals surface area contributed by atoms with Crippen molar-refractivity contribution in [3.05, 3.63) is 29.8 Å². The largest absolute Gasteiger partial charge is 0.497 e. The van der Waals surface area contributed by atoms with Crippen molar-refractivity contribution >= 4 is 17.5 Å². The van der Waals surface area contributed by atoms with E-state index in [9.17, 15) is 4.79 Å². The molecule has 4 heteroatoms. The Hall–Kier alpha value is -1.22. The van der Waals surface area contributed by atoms with Gasteiger partial charge in [-0.05, 0) is 30.5 Å². The molecule has 0 aliphatic rings. The van der Waals surface area contributed by atoms with Crippen molar-refractivity contribution in [3.8, 4) is 5.75 Å². The fourth-order valence-corrected chi connectivity index (χ4v) is 2.43. The van der Waals surface area contributed by atoms with Crippen molar-refractivity contribution in [1.82, 2.24) is 5.32 Å². The van der Waals surface area contributed by atoms with E-state index in [1.807, 2.05) is 24.3 Å². The molecule has 0 heterocycles. The third kappa shape index (κ3) is 5.96. The average molecular weight is 312 g/mol. The lowest BCUT2D eigenvalue weighted by molar-refractivity contribution is -0.121. The Morgan fingerprint density at radius 3 is 2.43 bits per heavy atom. The Morgan fingerprint density at radius 1 is 1.24 bits per heavy atom. The molecule has 1 N–H and O–H groups in total. The first-order chi connectivity index (χ1) is 10.1. The molecule has 0 fully saturated rings. The van der Waals surface area contributed by atoms with Crippen molar-refractivity contribution in [3.63, 3.8) is 0 Å². The van der Waals surface area contributed by atoms with Crippen molar-refractivity contribution in [1.29, 1.82) is 0 Å². The number of halogens is 1. The maximum atomic E-state index is 12.2. The van der Waals surface area contributed by atoms with Gasteiger partial charge in [0.2, 0.25) is 5.91 Å². The standard InChI is InChI=1S/C17H26ClNO2/c1-4-6-7-8-14(5-2)19-17(20)16(18)13-9-11-15(21-3)12-10-13/h9-12,14,16H,4-8H2,1-3H3,(H,19,20). The summed E-state index contributed by atoms with van der Waals surface area (Å²) in [6.07, 6.45) is 5.48. The Bertz CT molecular complexity index is 419. The van der Waals surface area contributed by atoms with Crippen LogP contribution >= 0.6 is 11.6 Å². The topological polar surface area (TPSA) is 38.3 Å². The minimum Gasteiger partial charge on any atom is -0.497 e. The van der Waals surface area contributed by atoms with E-state index in [2.05, 4.69) is 19.2 Å². The summed E-state index contributed by atoms with van der Waals surface area (Å²) >= 11 is 6.26. The molecule has 1 amide bonds. The number of ether oxygens (including phenoxy) is 1. The van der Waals surface area contributed by atoms with Crippen molar-refractivity contribution in [2.75, 3.05) is 7.11 Å². The maximum Gasteiger partial charge on any atom is 0.242 e. The lowest BCUT2D eigenvalue weighted by atomic mass is 10.1. The van der Waals surface area contributed by atoms with E-state index in [-0.39, 0.29) is 11.9 Å². The maximum absolute atomic E-state index is 12.2. The molecule has 1 aromatic carbocycles. The van der Waals surface area contributed by atoms with Gasteiger partial charge in [0, 0.05) is 6.04 Å². The van der Waals surface area contributed by atoms with Crippen LogP contribution < -0.4 is 10.1 Å². The van der Waals surface area contributed by atoms with Gasteiger partial charge in [0.1, 0.15) is 11.1 Å². The second-order valence-corrected chi connectivity index (χ2v) is 5.68. The van der Waals surface area contributed by atoms with E-state index in [0.29, 0.717) is 0 Å². The number of nitrogens with one attached hydrogen (secondary N) is 1. The molecule has 1 aromatic rings. The fraction of sp³-hybridized carbons (Fsp3) is 0.588. The molecule has 3 nitrogen and oxygen atoms in total. The van der Waals surface area contributed by atoms with Crippen molar-refractivity contribution in [2.24, 2.45) is 0 Å². The van der Waals surface area contributed by atoms with Gasteiger partial charge in [-0.3, -0.25) is 4.79 Å². The quantitative estimate of drug-likeness (QED) is 0.540. The smallest absolute Gasteiger partial charge is 0.242 e. The van der Waals surface area contributed by atoms with Gasteiger partial charge in [-0.2, -0.15) is 0 Å². The summed E-state index contributed by atoms with van der Waals surface area (Å²) in [5.41, 5.74) is 0.790. The zero-order valence-corrected chi connectivity index (χ0v) is 14.0. The summed E-state index contributed by atoms with van der Waals surface area (Å²) in [5, 5.41) is 2.39. The highest BCUT2D eigenvalue weighted by molar-refractivity contribution is 6.30. The molecule has 0 spiro atoms. The third-order valence-electron chi connectivity index (χ3n) is 3.63. The van der Waals surface area contributed by atoms with Crippen LogP contribution in [0.5, 0.6) is 5.75 Å². The van der Waals surface area contributed by atoms with Gasteiger partial charge >= 0.3 is 0 Å². The summed E-state index contributed by atoms with van der Waals surface area (Å²) in [6, 6.07) is 7.50. The van der Waals surface area contributed by atoms with Gasteiger partial charge in [0.05, 0.1) is 7.11 Å². The van der Waals surface area contributed by atoms with Crippen LogP contribution in [0.2, 0.25) is 0 Å². The van der Waals surface area contributed by atoms with Gasteiger partial charge in [-0.1, -0.05) is 45.2 Å². The first-order valence-electron chi connectivity index (χ1n) is 7.70. The van der Waals surface area contributed by atoms with Crippen LogP contribution in [0.3, 0.4) is 0 Å². The summed E-state index contributed by atoms with van der Waals surface area (Å²) in [4.78, 5) is 12.2. The van der Waals surface area contributed by atoms with Crippen LogP contribution in [-0.2, 0) is 4.79 Å². The zero-order valence-electron chi connectivity index (χ0n) is 13.2. The number of methoxy groups -OCH3 is 1. The summed E-state index contributed by atoms with van der Waals surface area (Å²) < 4.78 is 5.10. The molecule has 0 aliphatic heterocycles. The molecular formula is C17H26ClNO2. The lowest BCUT2D eigenvalue weighted by Gasteiger charge is -2.19. The number of carbonyl (C=O) groups is 1. The van der Waals surface area contributed by atoms with E-state index >= 15 is 0 Å². The Kier molecular flexibility index (Phi) is 8.21. The number of hydrogen-bond donors (Lipinski definition) is 1. The molecule has 0 aromatic heterocycles. The van der Waals surface area contributed by atoms with Gasteiger partial charge in [0.25, 0.3) is 0 Å². The molecule has 2 unspecified atom stereocenters. The van der Waals surface area contributed by atoms with Crippen LogP contribution in [0, 0.1) is 0 Å². The summed E-state index contributed by atoms with van der Waals surface area (Å²) in [7, 11) is 1.61. The number of unbranched alkanes of at least 4 members (excludes halogenated alkanes) is 2. The molecule has 21 heavy (non-hydrogen) atoms. The first kappa shape index (κ1) is 17.8. The molecule has 118 valence electrons. The van der Waals surface area contributed by atoms with Gasteiger partial charge in [0.15, 0.2) is 0 Å². The van der Waals surface area contributed by atoms with Gasteiger partial charge in [-0.15, -0.1) is 11.6 Å². The number of amides is 1. The molecule has 0 saturated carbocycles. The fourth-order valence-electron chi connectivity index (χ4n) is 2.22. The Labute approximate surface area is 133 Å². The van der Waals surface area contributed by atoms with Crippen LogP contribution in [0.4, 0.5) is 0 Å². The van der Waals surface area contributed by atoms with E-state index in [0.717, 1.165) is 30.6 Å². The summed E-state index contributed by atoms with van der Waals surface area (Å²) in [6.45, 7) is 4.27. The highest BCUT2D eigenvalue weighted by Gasteiger charge is 2.20. The molecule has 0 bridgehead atoms. The summed E-state index contributed by atoms with van der Waals surface area (Å²) in [5.74, 6) is 0.638. The molecule has 2 atom stereocenters. The number of alkyl halides is 1. The monoisotopic (exact) mass is 311 g/mol. The van der Waals surface area contributed by atoms with E-state index in [1.165, 1.54) is 12.8 Å². The highest BCUT2D eigenvalue weighted by Crippen LogP contribution is 2.23. The van der Waals surface area contributed by atoms with Crippen LogP contribution in [-0.4, -0.2) is 19.1 Å². The predicted octanol–water partition coefficient (Wildman–Crippen LogP) is 4.45. The normalized spacial score (nSPS) is 13.5. The molecule has 0 radical (unpaired) electrons. The molecule has 0 saturated heterocycles. The zero-order chi connectivity index (χ0) is 15.7. The Morgan fingerprint density at radius 2 is 1.90 bits per heavy atom. The number of benzene rings is 1. The predicted molar refractivity (Wildman–Crippen MR) is 88.0 cm³/mol. The van der Waals surface area contributed by atoms with Crippen LogP contribution in [0.15, 0.2) is 24.3 Å². The third-order valence-corrected chi connectivity index (χ3v) is 4.08. The molecule has 1 rings (SSSR count). The number of hydrogen-bond acceptors (Lipinski definition) is 2. The average Bonchev–Trinajstić information content (AvgIpc) is 2.53. The highest BCUT2D eigenvalue weighted by atomic mass is 35.5. The minimum atomic E-state index is -0.656. The second kappa shape index (κ2) is 9.67. The molecule has 0 aliphatic carbocycles. The SMILES string of the molecule is CCCCCC(CC)NC(=O)C(Cl)c1ccc(OC)cc1. The van der Waals surface area contributed by atoms with Crippen molar-refractivity contribution < 1.29 is 9.53 Å². The Balaban J connectivity index is 2.55. The number of carbonyl (C=O) groups excluding carboxylic acids is 1. The second-order valence-electron chi connectivity index (χ2n) is 5.25. The minimum absolute atomic E-state index is 0.120. The van der Waals surface area contributed by atoms with Crippen LogP contribution in [0.1, 0.15) is 56.9 Å². The first-order valence-corrected chi connectivity index (χ1v) is 8.14. The van der Waals surface area contributed by atoms with Crippen molar-refractivity contribution in [2.45, 2.75) is 57.4 Å². The molecular weight excluding hydrogens is 286 g/mol. The van der Waals surface area contributed by atoms with Gasteiger partial charge in [-0.25, -0.2) is 0 Å². The van der Waals surface area contributed by atoms with Gasteiger partial charge < -0.3 is 10.1 Å². The van der Waals surface area contributed by atoms with E-state index in [1.54, 1.807) is 7.11 Å². The van der Waals surface area contributed by atoms with E-state index < -0.39 is 5.38 Å². The number of rotatable bonds is 9. The lowest BCUT2D eigenvalue weighted by Crippen LogP contribution is -2.36. The van der Waals surface area contributed by atoms with E-state index in [4.69, 9.17) is 16.3 Å². The van der Waals surface area contributed by atoms with Crippen LogP contribution in [0.25, 0.3) is 0 Å².